The van der Waals surface area contributed by atoms with Crippen molar-refractivity contribution in [2.45, 2.75) is 37.2 Å². The maximum absolute atomic E-state index is 11.4. The number of aliphatic carboxylic acids is 1. The number of hydrogen-bond donors (Lipinski definition) is 4. The fourth-order valence-electron chi connectivity index (χ4n) is 2.64. The summed E-state index contributed by atoms with van der Waals surface area (Å²) >= 11 is 1.55. The lowest BCUT2D eigenvalue weighted by molar-refractivity contribution is -0.133. The Labute approximate surface area is 122 Å². The normalized spacial score (nSPS) is 29.6. The molecule has 7 heteroatoms. The Morgan fingerprint density at radius 3 is 2.60 bits per heavy atom. The van der Waals surface area contributed by atoms with Crippen LogP contribution in [0.25, 0.3) is 0 Å². The van der Waals surface area contributed by atoms with E-state index in [1.165, 1.54) is 0 Å². The molecular formula is C13H20N2O4S. The van der Waals surface area contributed by atoms with Gasteiger partial charge in [0.1, 0.15) is 12.0 Å². The molecule has 0 radical (unpaired) electrons. The number of rotatable bonds is 6. The van der Waals surface area contributed by atoms with E-state index < -0.39 is 23.5 Å². The van der Waals surface area contributed by atoms with Crippen LogP contribution in [0.1, 0.15) is 20.3 Å². The number of nitrogens with one attached hydrogen (secondary N) is 2. The Kier molecular flexibility index (Phi) is 4.41. The van der Waals surface area contributed by atoms with Gasteiger partial charge in [-0.1, -0.05) is 0 Å². The summed E-state index contributed by atoms with van der Waals surface area (Å²) in [6, 6.07) is 0. The van der Waals surface area contributed by atoms with Gasteiger partial charge in [-0.25, -0.2) is 4.79 Å². The Balaban J connectivity index is 2.18. The average molecular weight is 300 g/mol. The third-order valence-corrected chi connectivity index (χ3v) is 5.19. The monoisotopic (exact) mass is 300 g/mol. The number of thioether (sulfide) groups is 1. The second-order valence-corrected chi connectivity index (χ2v) is 7.02. The highest BCUT2D eigenvalue weighted by molar-refractivity contribution is 8.03. The molecule has 0 amide bonds. The third-order valence-electron chi connectivity index (χ3n) is 3.89. The zero-order valence-electron chi connectivity index (χ0n) is 11.5. The third kappa shape index (κ3) is 2.84. The lowest BCUT2D eigenvalue weighted by atomic mass is 9.82. The predicted octanol–water partition coefficient (Wildman–Crippen LogP) is -0.0645. The molecule has 0 bridgehead atoms. The van der Waals surface area contributed by atoms with Crippen LogP contribution in [0.3, 0.4) is 0 Å². The highest BCUT2D eigenvalue weighted by Crippen LogP contribution is 2.41. The molecule has 3 atom stereocenters. The largest absolute Gasteiger partial charge is 0.477 e. The van der Waals surface area contributed by atoms with Crippen LogP contribution in [0.15, 0.2) is 10.6 Å². The van der Waals surface area contributed by atoms with Gasteiger partial charge in [0, 0.05) is 29.7 Å². The first-order valence-electron chi connectivity index (χ1n) is 6.62. The molecule has 0 aromatic carbocycles. The maximum atomic E-state index is 11.4. The molecule has 0 aromatic rings. The number of aliphatic hydroxyl groups is 1. The van der Waals surface area contributed by atoms with Crippen LogP contribution >= 0.6 is 11.8 Å². The zero-order chi connectivity index (χ0) is 14.9. The number of aliphatic hydroxyl groups excluding tert-OH is 1. The number of carboxylic acid groups (broad SMARTS) is 1. The van der Waals surface area contributed by atoms with Crippen LogP contribution in [0.5, 0.6) is 0 Å². The summed E-state index contributed by atoms with van der Waals surface area (Å²) in [6.45, 7) is 5.07. The number of carboxylic acids is 1. The Morgan fingerprint density at radius 1 is 1.55 bits per heavy atom. The van der Waals surface area contributed by atoms with Gasteiger partial charge in [-0.05, 0) is 13.8 Å². The van der Waals surface area contributed by atoms with E-state index in [-0.39, 0.29) is 5.70 Å². The van der Waals surface area contributed by atoms with E-state index in [4.69, 9.17) is 0 Å². The summed E-state index contributed by atoms with van der Waals surface area (Å²) < 4.78 is 0. The van der Waals surface area contributed by atoms with Crippen LogP contribution in [-0.4, -0.2) is 52.5 Å². The van der Waals surface area contributed by atoms with Gasteiger partial charge in [0.05, 0.1) is 17.6 Å². The van der Waals surface area contributed by atoms with Crippen LogP contribution in [0.2, 0.25) is 0 Å². The summed E-state index contributed by atoms with van der Waals surface area (Å²) in [7, 11) is 0. The standard InChI is InChI=1S/C13H20N2O4S/c1-7(17)9(6-16)13(2)3-10(11(15-13)12(18)19)20-8-4-14-5-8/h6-9,14-15,17H,3-5H2,1-2H3,(H,18,19)/t7-,9-,13-/m1/s1. The predicted molar refractivity (Wildman–Crippen MR) is 76.3 cm³/mol. The number of carbonyl (C=O) groups excluding carboxylic acids is 1. The van der Waals surface area contributed by atoms with Crippen molar-refractivity contribution < 1.29 is 19.8 Å². The van der Waals surface area contributed by atoms with Gasteiger partial charge in [0.25, 0.3) is 0 Å². The van der Waals surface area contributed by atoms with Crippen LogP contribution < -0.4 is 10.6 Å². The van der Waals surface area contributed by atoms with Crippen LogP contribution in [-0.2, 0) is 9.59 Å². The summed E-state index contributed by atoms with van der Waals surface area (Å²) in [5.41, 5.74) is -0.583. The zero-order valence-corrected chi connectivity index (χ0v) is 12.4. The number of aldehydes is 1. The van der Waals surface area contributed by atoms with Crippen LogP contribution in [0.4, 0.5) is 0 Å². The van der Waals surface area contributed by atoms with Crippen molar-refractivity contribution in [1.29, 1.82) is 0 Å². The summed E-state index contributed by atoms with van der Waals surface area (Å²) in [5, 5.41) is 25.5. The summed E-state index contributed by atoms with van der Waals surface area (Å²) in [5.74, 6) is -1.66. The fraction of sp³-hybridized carbons (Fsp3) is 0.692. The average Bonchev–Trinajstić information content (AvgIpc) is 2.62. The quantitative estimate of drug-likeness (QED) is 0.510. The smallest absolute Gasteiger partial charge is 0.352 e. The van der Waals surface area contributed by atoms with Crippen molar-refractivity contribution in [3.8, 4) is 0 Å². The Bertz CT molecular complexity index is 448. The van der Waals surface area contributed by atoms with E-state index >= 15 is 0 Å². The number of hydrogen-bond acceptors (Lipinski definition) is 6. The van der Waals surface area contributed by atoms with Crippen LogP contribution in [0, 0.1) is 5.92 Å². The Hall–Kier alpha value is -1.05. The van der Waals surface area contributed by atoms with Gasteiger partial charge in [-0.2, -0.15) is 0 Å². The summed E-state index contributed by atoms with van der Waals surface area (Å²) in [6.07, 6.45) is 0.328. The molecular weight excluding hydrogens is 280 g/mol. The second kappa shape index (κ2) is 5.75. The molecule has 20 heavy (non-hydrogen) atoms. The highest BCUT2D eigenvalue weighted by atomic mass is 32.2. The lowest BCUT2D eigenvalue weighted by Gasteiger charge is -2.34. The van der Waals surface area contributed by atoms with E-state index in [2.05, 4.69) is 10.6 Å². The molecule has 2 heterocycles. The summed E-state index contributed by atoms with van der Waals surface area (Å²) in [4.78, 5) is 23.4. The molecule has 0 saturated carbocycles. The molecule has 1 fully saturated rings. The van der Waals surface area contributed by atoms with Crippen molar-refractivity contribution >= 4 is 24.0 Å². The molecule has 2 rings (SSSR count). The molecule has 6 nitrogen and oxygen atoms in total. The van der Waals surface area contributed by atoms with E-state index in [9.17, 15) is 19.8 Å². The van der Waals surface area contributed by atoms with Crippen molar-refractivity contribution in [3.05, 3.63) is 10.6 Å². The molecule has 2 aliphatic rings. The first kappa shape index (κ1) is 15.3. The van der Waals surface area contributed by atoms with Gasteiger partial charge < -0.3 is 25.6 Å². The minimum absolute atomic E-state index is 0.164. The van der Waals surface area contributed by atoms with E-state index in [1.54, 1.807) is 25.6 Å². The Morgan fingerprint density at radius 2 is 2.20 bits per heavy atom. The maximum Gasteiger partial charge on any atom is 0.352 e. The van der Waals surface area contributed by atoms with Gasteiger partial charge >= 0.3 is 5.97 Å². The van der Waals surface area contributed by atoms with Gasteiger partial charge in [-0.15, -0.1) is 11.8 Å². The lowest BCUT2D eigenvalue weighted by Crippen LogP contribution is -2.50. The van der Waals surface area contributed by atoms with E-state index in [1.807, 2.05) is 0 Å². The molecule has 0 aromatic heterocycles. The van der Waals surface area contributed by atoms with E-state index in [0.717, 1.165) is 18.0 Å². The van der Waals surface area contributed by atoms with E-state index in [0.29, 0.717) is 18.0 Å². The number of carbonyl (C=O) groups is 2. The topological polar surface area (TPSA) is 98.7 Å². The minimum atomic E-state index is -1.02. The second-order valence-electron chi connectivity index (χ2n) is 5.62. The van der Waals surface area contributed by atoms with Gasteiger partial charge in [0.2, 0.25) is 0 Å². The molecule has 1 saturated heterocycles. The molecule has 0 unspecified atom stereocenters. The molecule has 0 aliphatic carbocycles. The highest BCUT2D eigenvalue weighted by Gasteiger charge is 2.45. The SMILES string of the molecule is C[C@@H](O)[C@@H](C=O)[C@@]1(C)CC(SC2CNC2)=C(C(=O)O)N1. The van der Waals surface area contributed by atoms with Gasteiger partial charge in [0.15, 0.2) is 0 Å². The van der Waals surface area contributed by atoms with Crippen molar-refractivity contribution in [2.24, 2.45) is 5.92 Å². The minimum Gasteiger partial charge on any atom is -0.477 e. The van der Waals surface area contributed by atoms with Crippen molar-refractivity contribution in [1.82, 2.24) is 10.6 Å². The molecule has 112 valence electrons. The molecule has 2 aliphatic heterocycles. The first-order valence-corrected chi connectivity index (χ1v) is 7.50. The van der Waals surface area contributed by atoms with Gasteiger partial charge in [-0.3, -0.25) is 0 Å². The molecule has 4 N–H and O–H groups in total. The van der Waals surface area contributed by atoms with Crippen molar-refractivity contribution in [2.75, 3.05) is 13.1 Å². The fourth-order valence-corrected chi connectivity index (χ4v) is 4.08. The molecule has 0 spiro atoms. The first-order chi connectivity index (χ1) is 9.37. The van der Waals surface area contributed by atoms with Crippen molar-refractivity contribution in [3.63, 3.8) is 0 Å².